The van der Waals surface area contributed by atoms with Gasteiger partial charge in [0, 0.05) is 18.8 Å². The number of piperazine rings is 1. The van der Waals surface area contributed by atoms with Crippen LogP contribution in [-0.2, 0) is 9.59 Å². The van der Waals surface area contributed by atoms with Crippen molar-refractivity contribution >= 4 is 34.7 Å². The zero-order chi connectivity index (χ0) is 18.7. The number of nitrogens with zero attached hydrogens (tertiary/aromatic N) is 1. The largest absolute Gasteiger partial charge is 0.353 e. The summed E-state index contributed by atoms with van der Waals surface area (Å²) in [5.41, 5.74) is 2.79. The summed E-state index contributed by atoms with van der Waals surface area (Å²) in [7, 11) is 0. The van der Waals surface area contributed by atoms with Crippen LogP contribution in [0.3, 0.4) is 0 Å². The van der Waals surface area contributed by atoms with Gasteiger partial charge in [-0.3, -0.25) is 14.4 Å². The first-order valence-corrected chi connectivity index (χ1v) is 9.32. The Morgan fingerprint density at radius 3 is 2.65 bits per heavy atom. The second-order valence-electron chi connectivity index (χ2n) is 6.41. The van der Waals surface area contributed by atoms with Crippen molar-refractivity contribution in [3.05, 3.63) is 51.7 Å². The number of carbonyl (C=O) groups is 3. The van der Waals surface area contributed by atoms with Crippen LogP contribution in [0.1, 0.15) is 27.2 Å². The van der Waals surface area contributed by atoms with Crippen molar-refractivity contribution in [2.45, 2.75) is 26.3 Å². The van der Waals surface area contributed by atoms with E-state index in [-0.39, 0.29) is 24.1 Å². The maximum atomic E-state index is 12.7. The summed E-state index contributed by atoms with van der Waals surface area (Å²) in [4.78, 5) is 39.5. The van der Waals surface area contributed by atoms with Crippen molar-refractivity contribution < 1.29 is 14.4 Å². The van der Waals surface area contributed by atoms with Gasteiger partial charge in [-0.15, -0.1) is 11.3 Å². The molecule has 0 radical (unpaired) electrons. The second-order valence-corrected chi connectivity index (χ2v) is 7.36. The minimum absolute atomic E-state index is 0.0735. The van der Waals surface area contributed by atoms with Gasteiger partial charge in [0.05, 0.1) is 11.3 Å². The SMILES string of the molecule is Cc1cc(C)cc(NC(=O)C[C@@H]2C(=O)NCCN2C(=O)c2cccs2)c1. The molecule has 7 heteroatoms. The first kappa shape index (κ1) is 18.1. The Morgan fingerprint density at radius 2 is 2.00 bits per heavy atom. The molecule has 0 aliphatic carbocycles. The summed E-state index contributed by atoms with van der Waals surface area (Å²) in [6.07, 6.45) is -0.0735. The minimum Gasteiger partial charge on any atom is -0.353 e. The molecule has 6 nitrogen and oxygen atoms in total. The van der Waals surface area contributed by atoms with Crippen molar-refractivity contribution in [3.8, 4) is 0 Å². The highest BCUT2D eigenvalue weighted by atomic mass is 32.1. The standard InChI is InChI=1S/C19H21N3O3S/c1-12-8-13(2)10-14(9-12)21-17(23)11-15-18(24)20-5-6-22(15)19(25)16-4-3-7-26-16/h3-4,7-10,15H,5-6,11H2,1-2H3,(H,20,24)(H,21,23)/t15-/m1/s1. The number of rotatable bonds is 4. The molecule has 1 aliphatic heterocycles. The van der Waals surface area contributed by atoms with E-state index in [9.17, 15) is 14.4 Å². The van der Waals surface area contributed by atoms with Gasteiger partial charge in [-0.2, -0.15) is 0 Å². The molecule has 0 bridgehead atoms. The molecule has 1 aromatic carbocycles. The third kappa shape index (κ3) is 4.11. The third-order valence-corrected chi connectivity index (χ3v) is 5.07. The summed E-state index contributed by atoms with van der Waals surface area (Å²) in [6.45, 7) is 4.70. The molecule has 26 heavy (non-hydrogen) atoms. The normalized spacial score (nSPS) is 16.9. The van der Waals surface area contributed by atoms with Crippen LogP contribution in [0.5, 0.6) is 0 Å². The Hall–Kier alpha value is -2.67. The van der Waals surface area contributed by atoms with Crippen LogP contribution >= 0.6 is 11.3 Å². The molecule has 136 valence electrons. The number of aryl methyl sites for hydroxylation is 2. The van der Waals surface area contributed by atoms with Gasteiger partial charge in [0.25, 0.3) is 5.91 Å². The van der Waals surface area contributed by atoms with Gasteiger partial charge in [0.1, 0.15) is 6.04 Å². The summed E-state index contributed by atoms with van der Waals surface area (Å²) in [5.74, 6) is -0.795. The van der Waals surface area contributed by atoms with Crippen molar-refractivity contribution in [1.29, 1.82) is 0 Å². The summed E-state index contributed by atoms with van der Waals surface area (Å²) < 4.78 is 0. The minimum atomic E-state index is -0.802. The Labute approximate surface area is 156 Å². The summed E-state index contributed by atoms with van der Waals surface area (Å²) in [5, 5.41) is 7.39. The molecule has 0 unspecified atom stereocenters. The number of anilines is 1. The molecule has 1 saturated heterocycles. The molecule has 0 spiro atoms. The van der Waals surface area contributed by atoms with Gasteiger partial charge < -0.3 is 15.5 Å². The van der Waals surface area contributed by atoms with Crippen LogP contribution < -0.4 is 10.6 Å². The number of carbonyl (C=O) groups excluding carboxylic acids is 3. The van der Waals surface area contributed by atoms with Gasteiger partial charge in [0.15, 0.2) is 0 Å². The second kappa shape index (κ2) is 7.70. The van der Waals surface area contributed by atoms with Gasteiger partial charge in [-0.25, -0.2) is 0 Å². The van der Waals surface area contributed by atoms with E-state index in [0.717, 1.165) is 11.1 Å². The van der Waals surface area contributed by atoms with E-state index >= 15 is 0 Å². The molecule has 0 saturated carbocycles. The molecule has 1 aromatic heterocycles. The molecule has 2 aromatic rings. The highest BCUT2D eigenvalue weighted by molar-refractivity contribution is 7.12. The fourth-order valence-corrected chi connectivity index (χ4v) is 3.82. The van der Waals surface area contributed by atoms with E-state index in [1.165, 1.54) is 16.2 Å². The van der Waals surface area contributed by atoms with Crippen molar-refractivity contribution in [2.24, 2.45) is 0 Å². The van der Waals surface area contributed by atoms with Crippen molar-refractivity contribution in [3.63, 3.8) is 0 Å². The monoisotopic (exact) mass is 371 g/mol. The van der Waals surface area contributed by atoms with Gasteiger partial charge in [-0.1, -0.05) is 12.1 Å². The van der Waals surface area contributed by atoms with E-state index in [1.807, 2.05) is 37.4 Å². The van der Waals surface area contributed by atoms with E-state index in [1.54, 1.807) is 12.1 Å². The van der Waals surface area contributed by atoms with Crippen LogP contribution in [0.2, 0.25) is 0 Å². The number of hydrogen-bond acceptors (Lipinski definition) is 4. The van der Waals surface area contributed by atoms with Crippen molar-refractivity contribution in [1.82, 2.24) is 10.2 Å². The Bertz CT molecular complexity index is 812. The average molecular weight is 371 g/mol. The summed E-state index contributed by atoms with van der Waals surface area (Å²) in [6, 6.07) is 8.49. The lowest BCUT2D eigenvalue weighted by Crippen LogP contribution is -2.58. The van der Waals surface area contributed by atoms with Crippen molar-refractivity contribution in [2.75, 3.05) is 18.4 Å². The molecule has 1 fully saturated rings. The lowest BCUT2D eigenvalue weighted by atomic mass is 10.1. The molecule has 3 rings (SSSR count). The highest BCUT2D eigenvalue weighted by Crippen LogP contribution is 2.19. The fraction of sp³-hybridized carbons (Fsp3) is 0.316. The zero-order valence-electron chi connectivity index (χ0n) is 14.7. The van der Waals surface area contributed by atoms with Gasteiger partial charge >= 0.3 is 0 Å². The highest BCUT2D eigenvalue weighted by Gasteiger charge is 2.35. The van der Waals surface area contributed by atoms with Crippen LogP contribution in [0, 0.1) is 13.8 Å². The Morgan fingerprint density at radius 1 is 1.27 bits per heavy atom. The number of benzene rings is 1. The Kier molecular flexibility index (Phi) is 5.37. The van der Waals surface area contributed by atoms with Gasteiger partial charge in [-0.05, 0) is 48.6 Å². The fourth-order valence-electron chi connectivity index (χ4n) is 3.14. The molecule has 1 aliphatic rings. The van der Waals surface area contributed by atoms with Crippen LogP contribution in [0.15, 0.2) is 35.7 Å². The lowest BCUT2D eigenvalue weighted by Gasteiger charge is -2.34. The summed E-state index contributed by atoms with van der Waals surface area (Å²) >= 11 is 1.33. The van der Waals surface area contributed by atoms with E-state index in [4.69, 9.17) is 0 Å². The predicted molar refractivity (Wildman–Crippen MR) is 101 cm³/mol. The predicted octanol–water partition coefficient (Wildman–Crippen LogP) is 2.33. The van der Waals surface area contributed by atoms with E-state index < -0.39 is 6.04 Å². The molecule has 2 heterocycles. The molecule has 3 amide bonds. The smallest absolute Gasteiger partial charge is 0.264 e. The number of hydrogen-bond donors (Lipinski definition) is 2. The maximum Gasteiger partial charge on any atom is 0.264 e. The van der Waals surface area contributed by atoms with E-state index in [0.29, 0.717) is 23.7 Å². The third-order valence-electron chi connectivity index (χ3n) is 4.21. The Balaban J connectivity index is 1.73. The molecular formula is C19H21N3O3S. The first-order valence-electron chi connectivity index (χ1n) is 8.44. The number of thiophene rings is 1. The average Bonchev–Trinajstić information content (AvgIpc) is 3.09. The van der Waals surface area contributed by atoms with Gasteiger partial charge in [0.2, 0.25) is 11.8 Å². The molecule has 1 atom stereocenters. The first-order chi connectivity index (χ1) is 12.4. The zero-order valence-corrected chi connectivity index (χ0v) is 15.6. The van der Waals surface area contributed by atoms with E-state index in [2.05, 4.69) is 10.6 Å². The maximum absolute atomic E-state index is 12.7. The lowest BCUT2D eigenvalue weighted by molar-refractivity contribution is -0.131. The van der Waals surface area contributed by atoms with Crippen LogP contribution in [0.25, 0.3) is 0 Å². The number of amides is 3. The molecular weight excluding hydrogens is 350 g/mol. The number of nitrogens with one attached hydrogen (secondary N) is 2. The topological polar surface area (TPSA) is 78.5 Å². The van der Waals surface area contributed by atoms with Crippen LogP contribution in [-0.4, -0.2) is 41.8 Å². The quantitative estimate of drug-likeness (QED) is 0.866. The molecule has 2 N–H and O–H groups in total. The van der Waals surface area contributed by atoms with Crippen LogP contribution in [0.4, 0.5) is 5.69 Å².